The van der Waals surface area contributed by atoms with Gasteiger partial charge >= 0.3 is 5.97 Å². The Morgan fingerprint density at radius 3 is 2.63 bits per heavy atom. The normalized spacial score (nSPS) is 21.0. The molecular weight excluding hydrogens is 459 g/mol. The molecule has 2 rings (SSSR count). The third kappa shape index (κ3) is 8.95. The number of hydrogen-bond donors (Lipinski definition) is 1. The standard InChI is InChI=1S/C19H36N4O3.HI/c1-3-20-19(21-10-7-5-4-6-8-18(24)25-2)23-11-9-17(16-23)22-12-14-26-15-13-22;/h17H,3-16H2,1-2H3,(H,20,21);1H. The summed E-state index contributed by atoms with van der Waals surface area (Å²) in [5.41, 5.74) is 0. The predicted octanol–water partition coefficient (Wildman–Crippen LogP) is 2.10. The van der Waals surface area contributed by atoms with Gasteiger partial charge in [-0.3, -0.25) is 14.7 Å². The van der Waals surface area contributed by atoms with Crippen molar-refractivity contribution >= 4 is 35.9 Å². The topological polar surface area (TPSA) is 66.4 Å². The van der Waals surface area contributed by atoms with Crippen molar-refractivity contribution in [2.24, 2.45) is 4.99 Å². The number of aliphatic imine (C=N–C) groups is 1. The quantitative estimate of drug-likeness (QED) is 0.174. The molecule has 0 aromatic rings. The van der Waals surface area contributed by atoms with Crippen LogP contribution >= 0.6 is 24.0 Å². The molecule has 27 heavy (non-hydrogen) atoms. The second kappa shape index (κ2) is 14.4. The molecule has 1 unspecified atom stereocenters. The second-order valence-corrected chi connectivity index (χ2v) is 7.01. The van der Waals surface area contributed by atoms with Crippen LogP contribution in [0.25, 0.3) is 0 Å². The zero-order valence-electron chi connectivity index (χ0n) is 17.0. The van der Waals surface area contributed by atoms with Gasteiger partial charge in [-0.05, 0) is 26.2 Å². The average Bonchev–Trinajstić information content (AvgIpc) is 3.17. The molecule has 0 bridgehead atoms. The van der Waals surface area contributed by atoms with Crippen molar-refractivity contribution in [2.75, 3.05) is 59.6 Å². The summed E-state index contributed by atoms with van der Waals surface area (Å²) >= 11 is 0. The Morgan fingerprint density at radius 1 is 1.19 bits per heavy atom. The molecule has 1 atom stereocenters. The van der Waals surface area contributed by atoms with Crippen molar-refractivity contribution in [2.45, 2.75) is 51.5 Å². The number of carbonyl (C=O) groups excluding carboxylic acids is 1. The highest BCUT2D eigenvalue weighted by Crippen LogP contribution is 2.17. The maximum Gasteiger partial charge on any atom is 0.305 e. The number of carbonyl (C=O) groups is 1. The maximum atomic E-state index is 11.1. The van der Waals surface area contributed by atoms with E-state index in [-0.39, 0.29) is 29.9 Å². The molecule has 1 N–H and O–H groups in total. The molecule has 2 saturated heterocycles. The van der Waals surface area contributed by atoms with E-state index in [0.29, 0.717) is 12.5 Å². The van der Waals surface area contributed by atoms with E-state index in [1.165, 1.54) is 13.5 Å². The molecule has 0 aromatic heterocycles. The Morgan fingerprint density at radius 2 is 1.93 bits per heavy atom. The first-order chi connectivity index (χ1) is 12.7. The van der Waals surface area contributed by atoms with Crippen molar-refractivity contribution in [3.05, 3.63) is 0 Å². The summed E-state index contributed by atoms with van der Waals surface area (Å²) in [7, 11) is 1.45. The summed E-state index contributed by atoms with van der Waals surface area (Å²) in [6.07, 6.45) is 5.87. The molecule has 0 amide bonds. The highest BCUT2D eigenvalue weighted by atomic mass is 127. The molecule has 8 heteroatoms. The van der Waals surface area contributed by atoms with Crippen LogP contribution in [0.5, 0.6) is 0 Å². The van der Waals surface area contributed by atoms with Gasteiger partial charge in [0.05, 0.1) is 20.3 Å². The van der Waals surface area contributed by atoms with Gasteiger partial charge in [-0.1, -0.05) is 12.8 Å². The molecular formula is C19H37IN4O3. The first kappa shape index (κ1) is 24.4. The first-order valence-electron chi connectivity index (χ1n) is 10.2. The number of ether oxygens (including phenoxy) is 2. The van der Waals surface area contributed by atoms with Crippen molar-refractivity contribution in [3.63, 3.8) is 0 Å². The lowest BCUT2D eigenvalue weighted by molar-refractivity contribution is -0.140. The molecule has 2 heterocycles. The van der Waals surface area contributed by atoms with Gasteiger partial charge in [0, 0.05) is 51.7 Å². The molecule has 0 saturated carbocycles. The largest absolute Gasteiger partial charge is 0.469 e. The third-order valence-electron chi connectivity index (χ3n) is 5.14. The van der Waals surface area contributed by atoms with E-state index >= 15 is 0 Å². The molecule has 2 fully saturated rings. The van der Waals surface area contributed by atoms with Crippen LogP contribution in [-0.2, 0) is 14.3 Å². The number of likely N-dealkylation sites (tertiary alicyclic amines) is 1. The zero-order valence-corrected chi connectivity index (χ0v) is 19.3. The van der Waals surface area contributed by atoms with Crippen LogP contribution in [0.1, 0.15) is 45.4 Å². The monoisotopic (exact) mass is 496 g/mol. The summed E-state index contributed by atoms with van der Waals surface area (Å²) in [4.78, 5) is 20.9. The van der Waals surface area contributed by atoms with Gasteiger partial charge in [0.1, 0.15) is 0 Å². The lowest BCUT2D eigenvalue weighted by Gasteiger charge is -2.32. The minimum Gasteiger partial charge on any atom is -0.469 e. The van der Waals surface area contributed by atoms with Crippen LogP contribution in [0.3, 0.4) is 0 Å². The highest BCUT2D eigenvalue weighted by molar-refractivity contribution is 14.0. The predicted molar refractivity (Wildman–Crippen MR) is 119 cm³/mol. The van der Waals surface area contributed by atoms with Gasteiger partial charge in [0.2, 0.25) is 0 Å². The summed E-state index contributed by atoms with van der Waals surface area (Å²) in [6.45, 7) is 9.84. The summed E-state index contributed by atoms with van der Waals surface area (Å²) in [5.74, 6) is 0.944. The minimum absolute atomic E-state index is 0. The lowest BCUT2D eigenvalue weighted by Crippen LogP contribution is -2.46. The molecule has 2 aliphatic heterocycles. The molecule has 0 aliphatic carbocycles. The number of hydrogen-bond acceptors (Lipinski definition) is 5. The molecule has 7 nitrogen and oxygen atoms in total. The second-order valence-electron chi connectivity index (χ2n) is 7.01. The number of halogens is 1. The van der Waals surface area contributed by atoms with E-state index in [4.69, 9.17) is 9.73 Å². The number of unbranched alkanes of at least 4 members (excludes halogenated alkanes) is 3. The van der Waals surface area contributed by atoms with E-state index in [1.807, 2.05) is 0 Å². The number of rotatable bonds is 9. The van der Waals surface area contributed by atoms with Crippen molar-refractivity contribution in [3.8, 4) is 0 Å². The molecule has 158 valence electrons. The highest BCUT2D eigenvalue weighted by Gasteiger charge is 2.30. The molecule has 0 aromatic carbocycles. The smallest absolute Gasteiger partial charge is 0.305 e. The van der Waals surface area contributed by atoms with Crippen molar-refractivity contribution < 1.29 is 14.3 Å². The van der Waals surface area contributed by atoms with Gasteiger partial charge < -0.3 is 19.7 Å². The van der Waals surface area contributed by atoms with Crippen LogP contribution in [0.15, 0.2) is 4.99 Å². The Balaban J connectivity index is 0.00000364. The fourth-order valence-electron chi connectivity index (χ4n) is 3.62. The van der Waals surface area contributed by atoms with Crippen LogP contribution in [-0.4, -0.2) is 87.4 Å². The van der Waals surface area contributed by atoms with E-state index < -0.39 is 0 Å². The first-order valence-corrected chi connectivity index (χ1v) is 10.2. The summed E-state index contributed by atoms with van der Waals surface area (Å²) < 4.78 is 10.1. The third-order valence-corrected chi connectivity index (χ3v) is 5.14. The van der Waals surface area contributed by atoms with Crippen molar-refractivity contribution in [1.82, 2.24) is 15.1 Å². The Bertz CT molecular complexity index is 445. The molecule has 0 spiro atoms. The number of methoxy groups -OCH3 is 1. The summed E-state index contributed by atoms with van der Waals surface area (Å²) in [5, 5.41) is 3.44. The van der Waals surface area contributed by atoms with E-state index in [1.54, 1.807) is 0 Å². The minimum atomic E-state index is -0.110. The number of nitrogens with zero attached hydrogens (tertiary/aromatic N) is 3. The molecule has 0 radical (unpaired) electrons. The van der Waals surface area contributed by atoms with Gasteiger partial charge in [0.15, 0.2) is 5.96 Å². The number of nitrogens with one attached hydrogen (secondary N) is 1. The van der Waals surface area contributed by atoms with E-state index in [2.05, 4.69) is 26.8 Å². The summed E-state index contributed by atoms with van der Waals surface area (Å²) in [6, 6.07) is 0.626. The molecule has 2 aliphatic rings. The maximum absolute atomic E-state index is 11.1. The van der Waals surface area contributed by atoms with Gasteiger partial charge in [-0.25, -0.2) is 0 Å². The van der Waals surface area contributed by atoms with E-state index in [9.17, 15) is 4.79 Å². The number of guanidine groups is 1. The SMILES string of the molecule is CCNC(=NCCCCCCC(=O)OC)N1CCC(N2CCOCC2)C1.I. The fourth-order valence-corrected chi connectivity index (χ4v) is 3.62. The van der Waals surface area contributed by atoms with Gasteiger partial charge in [0.25, 0.3) is 0 Å². The van der Waals surface area contributed by atoms with Crippen LogP contribution < -0.4 is 5.32 Å². The van der Waals surface area contributed by atoms with Crippen LogP contribution in [0.2, 0.25) is 0 Å². The number of esters is 1. The van der Waals surface area contributed by atoms with E-state index in [0.717, 1.165) is 84.1 Å². The Kier molecular flexibility index (Phi) is 13.0. The van der Waals surface area contributed by atoms with Gasteiger partial charge in [-0.2, -0.15) is 0 Å². The van der Waals surface area contributed by atoms with Crippen molar-refractivity contribution in [1.29, 1.82) is 0 Å². The number of morpholine rings is 1. The average molecular weight is 496 g/mol. The van der Waals surface area contributed by atoms with Crippen LogP contribution in [0, 0.1) is 0 Å². The Labute approximate surface area is 181 Å². The lowest BCUT2D eigenvalue weighted by atomic mass is 10.1. The van der Waals surface area contributed by atoms with Crippen LogP contribution in [0.4, 0.5) is 0 Å². The fraction of sp³-hybridized carbons (Fsp3) is 0.895. The zero-order chi connectivity index (χ0) is 18.6. The van der Waals surface area contributed by atoms with Gasteiger partial charge in [-0.15, -0.1) is 24.0 Å². The Hall–Kier alpha value is -0.610.